The van der Waals surface area contributed by atoms with Gasteiger partial charge in [-0.1, -0.05) is 23.7 Å². The van der Waals surface area contributed by atoms with Crippen LogP contribution in [0.3, 0.4) is 0 Å². The molecule has 1 atom stereocenters. The smallest absolute Gasteiger partial charge is 0.229 e. The van der Waals surface area contributed by atoms with Gasteiger partial charge in [0, 0.05) is 24.3 Å². The van der Waals surface area contributed by atoms with Crippen molar-refractivity contribution in [2.24, 2.45) is 5.92 Å². The number of carbonyl (C=O) groups excluding carboxylic acids is 2. The van der Waals surface area contributed by atoms with Crippen molar-refractivity contribution in [3.8, 4) is 5.75 Å². The number of halogens is 1. The van der Waals surface area contributed by atoms with Gasteiger partial charge in [-0.05, 0) is 42.8 Å². The van der Waals surface area contributed by atoms with Crippen molar-refractivity contribution in [2.45, 2.75) is 13.3 Å². The molecule has 0 aliphatic carbocycles. The number of hydrogen-bond donors (Lipinski definition) is 1. The largest absolute Gasteiger partial charge is 0.495 e. The number of rotatable bonds is 4. The Morgan fingerprint density at radius 1 is 1.28 bits per heavy atom. The number of amides is 2. The number of hydrogen-bond acceptors (Lipinski definition) is 3. The highest BCUT2D eigenvalue weighted by atomic mass is 35.5. The van der Waals surface area contributed by atoms with Crippen LogP contribution in [0.5, 0.6) is 5.75 Å². The molecule has 0 aromatic heterocycles. The highest BCUT2D eigenvalue weighted by Gasteiger charge is 2.35. The Morgan fingerprint density at radius 2 is 2.08 bits per heavy atom. The summed E-state index contributed by atoms with van der Waals surface area (Å²) in [5.74, 6) is -0.0913. The minimum atomic E-state index is -0.395. The summed E-state index contributed by atoms with van der Waals surface area (Å²) in [6, 6.07) is 12.7. The van der Waals surface area contributed by atoms with E-state index >= 15 is 0 Å². The van der Waals surface area contributed by atoms with Crippen LogP contribution in [0.2, 0.25) is 5.02 Å². The molecule has 130 valence electrons. The van der Waals surface area contributed by atoms with Gasteiger partial charge < -0.3 is 15.0 Å². The van der Waals surface area contributed by atoms with Crippen molar-refractivity contribution in [2.75, 3.05) is 23.9 Å². The lowest BCUT2D eigenvalue weighted by Gasteiger charge is -2.18. The molecule has 1 fully saturated rings. The Labute approximate surface area is 151 Å². The molecule has 1 saturated heterocycles. The van der Waals surface area contributed by atoms with Gasteiger partial charge in [0.2, 0.25) is 11.8 Å². The zero-order chi connectivity index (χ0) is 18.0. The maximum atomic E-state index is 12.5. The van der Waals surface area contributed by atoms with Gasteiger partial charge in [-0.15, -0.1) is 0 Å². The molecular weight excluding hydrogens is 340 g/mol. The average molecular weight is 359 g/mol. The molecule has 0 radical (unpaired) electrons. The zero-order valence-corrected chi connectivity index (χ0v) is 14.8. The summed E-state index contributed by atoms with van der Waals surface area (Å²) < 4.78 is 5.13. The summed E-state index contributed by atoms with van der Waals surface area (Å²) in [6.45, 7) is 2.29. The maximum Gasteiger partial charge on any atom is 0.229 e. The summed E-state index contributed by atoms with van der Waals surface area (Å²) in [5, 5.41) is 3.31. The number of methoxy groups -OCH3 is 1. The van der Waals surface area contributed by atoms with Gasteiger partial charge in [0.25, 0.3) is 0 Å². The van der Waals surface area contributed by atoms with E-state index in [9.17, 15) is 9.59 Å². The number of nitrogens with zero attached hydrogens (tertiary/aromatic N) is 1. The van der Waals surface area contributed by atoms with E-state index in [1.54, 1.807) is 23.1 Å². The minimum absolute atomic E-state index is 0.0920. The second kappa shape index (κ2) is 7.15. The van der Waals surface area contributed by atoms with Crippen LogP contribution in [0.4, 0.5) is 11.4 Å². The number of nitrogens with one attached hydrogen (secondary N) is 1. The molecule has 1 N–H and O–H groups in total. The molecule has 2 aromatic carbocycles. The normalized spacial score (nSPS) is 16.8. The fourth-order valence-electron chi connectivity index (χ4n) is 2.92. The first-order valence-corrected chi connectivity index (χ1v) is 8.37. The van der Waals surface area contributed by atoms with Gasteiger partial charge in [-0.2, -0.15) is 0 Å². The van der Waals surface area contributed by atoms with Crippen LogP contribution in [0.15, 0.2) is 42.5 Å². The monoisotopic (exact) mass is 358 g/mol. The molecule has 1 aliphatic rings. The van der Waals surface area contributed by atoms with Crippen molar-refractivity contribution < 1.29 is 14.3 Å². The molecule has 1 aliphatic heterocycles. The third kappa shape index (κ3) is 3.77. The fraction of sp³-hybridized carbons (Fsp3) is 0.263. The van der Waals surface area contributed by atoms with Crippen molar-refractivity contribution in [3.63, 3.8) is 0 Å². The topological polar surface area (TPSA) is 58.6 Å². The first-order chi connectivity index (χ1) is 12.0. The molecular formula is C19H19ClN2O3. The number of benzene rings is 2. The number of aryl methyl sites for hydroxylation is 1. The summed E-state index contributed by atoms with van der Waals surface area (Å²) in [7, 11) is 1.54. The Hall–Kier alpha value is -2.53. The lowest BCUT2D eigenvalue weighted by Crippen LogP contribution is -2.28. The van der Waals surface area contributed by atoms with E-state index in [-0.39, 0.29) is 18.2 Å². The van der Waals surface area contributed by atoms with Crippen molar-refractivity contribution in [1.82, 2.24) is 0 Å². The van der Waals surface area contributed by atoms with Gasteiger partial charge in [0.15, 0.2) is 0 Å². The van der Waals surface area contributed by atoms with E-state index in [0.29, 0.717) is 23.0 Å². The lowest BCUT2D eigenvalue weighted by atomic mass is 10.1. The average Bonchev–Trinajstić information content (AvgIpc) is 2.97. The molecule has 1 unspecified atom stereocenters. The lowest BCUT2D eigenvalue weighted by molar-refractivity contribution is -0.122. The van der Waals surface area contributed by atoms with Gasteiger partial charge >= 0.3 is 0 Å². The third-order valence-electron chi connectivity index (χ3n) is 4.23. The minimum Gasteiger partial charge on any atom is -0.495 e. The highest BCUT2D eigenvalue weighted by Crippen LogP contribution is 2.32. The molecule has 5 nitrogen and oxygen atoms in total. The van der Waals surface area contributed by atoms with Crippen LogP contribution in [0.1, 0.15) is 12.0 Å². The van der Waals surface area contributed by atoms with Crippen LogP contribution in [-0.2, 0) is 9.59 Å². The van der Waals surface area contributed by atoms with Crippen molar-refractivity contribution in [3.05, 3.63) is 53.1 Å². The van der Waals surface area contributed by atoms with Gasteiger partial charge in [0.1, 0.15) is 5.75 Å². The molecule has 2 amide bonds. The Balaban J connectivity index is 1.71. The van der Waals surface area contributed by atoms with E-state index in [1.165, 1.54) is 7.11 Å². The number of ether oxygens (including phenoxy) is 1. The summed E-state index contributed by atoms with van der Waals surface area (Å²) in [5.41, 5.74) is 2.47. The van der Waals surface area contributed by atoms with E-state index in [2.05, 4.69) is 5.32 Å². The Morgan fingerprint density at radius 3 is 2.76 bits per heavy atom. The van der Waals surface area contributed by atoms with Crippen LogP contribution < -0.4 is 15.0 Å². The maximum absolute atomic E-state index is 12.5. The molecule has 6 heteroatoms. The van der Waals surface area contributed by atoms with Crippen LogP contribution >= 0.6 is 11.6 Å². The molecule has 25 heavy (non-hydrogen) atoms. The summed E-state index contributed by atoms with van der Waals surface area (Å²) in [6.07, 6.45) is 0.182. The molecule has 2 aromatic rings. The standard InChI is InChI=1S/C19H19ClN2O3/c1-12-4-3-5-14(8-12)21-19(24)13-9-18(23)22(11-13)15-6-7-17(25-2)16(20)10-15/h3-8,10,13H,9,11H2,1-2H3,(H,21,24). The number of anilines is 2. The van der Waals surface area contributed by atoms with Gasteiger partial charge in [-0.25, -0.2) is 0 Å². The van der Waals surface area contributed by atoms with Crippen molar-refractivity contribution >= 4 is 34.8 Å². The summed E-state index contributed by atoms with van der Waals surface area (Å²) >= 11 is 6.13. The third-order valence-corrected chi connectivity index (χ3v) is 4.52. The molecule has 0 spiro atoms. The zero-order valence-electron chi connectivity index (χ0n) is 14.1. The second-order valence-corrected chi connectivity index (χ2v) is 6.49. The Bertz CT molecular complexity index is 822. The molecule has 0 saturated carbocycles. The van der Waals surface area contributed by atoms with E-state index < -0.39 is 5.92 Å². The molecule has 0 bridgehead atoms. The highest BCUT2D eigenvalue weighted by molar-refractivity contribution is 6.32. The van der Waals surface area contributed by atoms with Gasteiger partial charge in [0.05, 0.1) is 18.1 Å². The SMILES string of the molecule is COc1ccc(N2CC(C(=O)Nc3cccc(C)c3)CC2=O)cc1Cl. The van der Waals surface area contributed by atoms with E-state index in [0.717, 1.165) is 11.3 Å². The second-order valence-electron chi connectivity index (χ2n) is 6.08. The van der Waals surface area contributed by atoms with Crippen molar-refractivity contribution in [1.29, 1.82) is 0 Å². The number of carbonyl (C=O) groups is 2. The van der Waals surface area contributed by atoms with Crippen LogP contribution in [0.25, 0.3) is 0 Å². The molecule has 3 rings (SSSR count). The first kappa shape index (κ1) is 17.3. The predicted molar refractivity (Wildman–Crippen MR) is 98.3 cm³/mol. The van der Waals surface area contributed by atoms with Gasteiger partial charge in [-0.3, -0.25) is 9.59 Å². The first-order valence-electron chi connectivity index (χ1n) is 7.99. The van der Waals surface area contributed by atoms with Crippen LogP contribution in [0, 0.1) is 12.8 Å². The Kier molecular flexibility index (Phi) is 4.95. The fourth-order valence-corrected chi connectivity index (χ4v) is 3.18. The quantitative estimate of drug-likeness (QED) is 0.907. The van der Waals surface area contributed by atoms with E-state index in [1.807, 2.05) is 31.2 Å². The van der Waals surface area contributed by atoms with Crippen LogP contribution in [-0.4, -0.2) is 25.5 Å². The predicted octanol–water partition coefficient (Wildman–Crippen LogP) is 3.65. The summed E-state index contributed by atoms with van der Waals surface area (Å²) in [4.78, 5) is 26.4. The molecule has 1 heterocycles. The van der Waals surface area contributed by atoms with E-state index in [4.69, 9.17) is 16.3 Å².